The molecule has 0 fully saturated rings. The van der Waals surface area contributed by atoms with Crippen LogP contribution in [0.4, 0.5) is 5.69 Å². The first kappa shape index (κ1) is 11.2. The molecule has 0 bridgehead atoms. The lowest BCUT2D eigenvalue weighted by molar-refractivity contribution is -0.116. The van der Waals surface area contributed by atoms with E-state index in [4.69, 9.17) is 4.74 Å². The first-order valence-corrected chi connectivity index (χ1v) is 4.62. The minimum absolute atomic E-state index is 0.138. The average molecular weight is 206 g/mol. The number of carbonyl (C=O) groups excluding carboxylic acids is 1. The van der Waals surface area contributed by atoms with Gasteiger partial charge in [0.1, 0.15) is 5.75 Å². The number of anilines is 1. The summed E-state index contributed by atoms with van der Waals surface area (Å²) in [5.74, 6) is 0.561. The highest BCUT2D eigenvalue weighted by Crippen LogP contribution is 2.21. The molecule has 0 spiro atoms. The number of benzene rings is 1. The molecule has 0 unspecified atom stereocenters. The predicted molar refractivity (Wildman–Crippen MR) is 60.3 cm³/mol. The standard InChI is InChI=1S/C11H14N2O2/c1-4-12-13(9(2)14)10-6-5-7-11(8-10)15-3/h4-8H,1-3H3/b12-4+. The zero-order chi connectivity index (χ0) is 11.3. The second-order valence-corrected chi connectivity index (χ2v) is 2.91. The summed E-state index contributed by atoms with van der Waals surface area (Å²) < 4.78 is 5.07. The van der Waals surface area contributed by atoms with Gasteiger partial charge in [0.15, 0.2) is 0 Å². The fourth-order valence-electron chi connectivity index (χ4n) is 1.19. The van der Waals surface area contributed by atoms with Crippen molar-refractivity contribution in [3.63, 3.8) is 0 Å². The molecule has 0 aliphatic heterocycles. The zero-order valence-corrected chi connectivity index (χ0v) is 9.10. The number of hydrogen-bond acceptors (Lipinski definition) is 3. The van der Waals surface area contributed by atoms with Crippen LogP contribution in [0.25, 0.3) is 0 Å². The Balaban J connectivity index is 3.05. The summed E-state index contributed by atoms with van der Waals surface area (Å²) in [6.07, 6.45) is 1.57. The van der Waals surface area contributed by atoms with Crippen LogP contribution in [0.5, 0.6) is 5.75 Å². The van der Waals surface area contributed by atoms with Crippen LogP contribution in [-0.2, 0) is 4.79 Å². The van der Waals surface area contributed by atoms with E-state index in [9.17, 15) is 4.79 Å². The van der Waals surface area contributed by atoms with Gasteiger partial charge in [-0.2, -0.15) is 5.10 Å². The lowest BCUT2D eigenvalue weighted by Gasteiger charge is -2.15. The highest BCUT2D eigenvalue weighted by molar-refractivity contribution is 5.92. The second kappa shape index (κ2) is 5.14. The minimum Gasteiger partial charge on any atom is -0.497 e. The van der Waals surface area contributed by atoms with Gasteiger partial charge in [-0.1, -0.05) is 6.07 Å². The number of amides is 1. The van der Waals surface area contributed by atoms with Gasteiger partial charge < -0.3 is 4.74 Å². The molecule has 0 saturated carbocycles. The topological polar surface area (TPSA) is 41.9 Å². The van der Waals surface area contributed by atoms with Crippen LogP contribution >= 0.6 is 0 Å². The summed E-state index contributed by atoms with van der Waals surface area (Å²) in [7, 11) is 1.58. The van der Waals surface area contributed by atoms with Gasteiger partial charge in [-0.25, -0.2) is 5.01 Å². The molecule has 0 atom stereocenters. The van der Waals surface area contributed by atoms with Crippen molar-refractivity contribution in [1.82, 2.24) is 0 Å². The summed E-state index contributed by atoms with van der Waals surface area (Å²) in [6.45, 7) is 3.22. The van der Waals surface area contributed by atoms with Crippen LogP contribution in [0, 0.1) is 0 Å². The van der Waals surface area contributed by atoms with Crippen LogP contribution < -0.4 is 9.75 Å². The Morgan fingerprint density at radius 2 is 2.27 bits per heavy atom. The van der Waals surface area contributed by atoms with Crippen LogP contribution in [0.2, 0.25) is 0 Å². The third kappa shape index (κ3) is 2.80. The van der Waals surface area contributed by atoms with Crippen LogP contribution in [0.15, 0.2) is 29.4 Å². The normalized spacial score (nSPS) is 10.3. The summed E-state index contributed by atoms with van der Waals surface area (Å²) >= 11 is 0. The fourth-order valence-corrected chi connectivity index (χ4v) is 1.19. The minimum atomic E-state index is -0.138. The van der Waals surface area contributed by atoms with E-state index in [0.717, 1.165) is 0 Å². The first-order valence-electron chi connectivity index (χ1n) is 4.62. The number of rotatable bonds is 3. The lowest BCUT2D eigenvalue weighted by atomic mass is 10.3. The van der Waals surface area contributed by atoms with E-state index in [1.54, 1.807) is 32.4 Å². The van der Waals surface area contributed by atoms with E-state index in [0.29, 0.717) is 11.4 Å². The number of hydrazone groups is 1. The number of methoxy groups -OCH3 is 1. The lowest BCUT2D eigenvalue weighted by Crippen LogP contribution is -2.21. The number of carbonyl (C=O) groups is 1. The summed E-state index contributed by atoms with van der Waals surface area (Å²) in [4.78, 5) is 11.3. The van der Waals surface area contributed by atoms with Gasteiger partial charge in [0.05, 0.1) is 12.8 Å². The van der Waals surface area contributed by atoms with Gasteiger partial charge in [0.2, 0.25) is 5.91 Å². The Morgan fingerprint density at radius 1 is 1.53 bits per heavy atom. The van der Waals surface area contributed by atoms with Crippen molar-refractivity contribution in [3.05, 3.63) is 24.3 Å². The Labute approximate surface area is 89.2 Å². The third-order valence-electron chi connectivity index (χ3n) is 1.83. The van der Waals surface area contributed by atoms with E-state index >= 15 is 0 Å². The predicted octanol–water partition coefficient (Wildman–Crippen LogP) is 2.05. The Morgan fingerprint density at radius 3 is 2.80 bits per heavy atom. The van der Waals surface area contributed by atoms with E-state index in [1.807, 2.05) is 12.1 Å². The fraction of sp³-hybridized carbons (Fsp3) is 0.273. The quantitative estimate of drug-likeness (QED) is 0.561. The molecule has 0 aliphatic rings. The molecule has 0 aliphatic carbocycles. The molecular weight excluding hydrogens is 192 g/mol. The third-order valence-corrected chi connectivity index (χ3v) is 1.83. The van der Waals surface area contributed by atoms with Crippen LogP contribution in [-0.4, -0.2) is 19.2 Å². The highest BCUT2D eigenvalue weighted by Gasteiger charge is 2.09. The molecule has 4 nitrogen and oxygen atoms in total. The number of nitrogens with zero attached hydrogens (tertiary/aromatic N) is 2. The molecule has 15 heavy (non-hydrogen) atoms. The zero-order valence-electron chi connectivity index (χ0n) is 9.10. The molecule has 80 valence electrons. The van der Waals surface area contributed by atoms with E-state index in [2.05, 4.69) is 5.10 Å². The molecule has 1 aromatic carbocycles. The molecule has 0 saturated heterocycles. The number of hydrogen-bond donors (Lipinski definition) is 0. The van der Waals surface area contributed by atoms with Crippen molar-refractivity contribution in [3.8, 4) is 5.75 Å². The van der Waals surface area contributed by atoms with Crippen molar-refractivity contribution < 1.29 is 9.53 Å². The van der Waals surface area contributed by atoms with Crippen molar-refractivity contribution in [2.75, 3.05) is 12.1 Å². The molecule has 1 aromatic rings. The van der Waals surface area contributed by atoms with Crippen molar-refractivity contribution >= 4 is 17.8 Å². The van der Waals surface area contributed by atoms with E-state index in [-0.39, 0.29) is 5.91 Å². The Hall–Kier alpha value is -1.84. The molecule has 0 radical (unpaired) electrons. The molecule has 4 heteroatoms. The van der Waals surface area contributed by atoms with Gasteiger partial charge in [0, 0.05) is 19.2 Å². The summed E-state index contributed by atoms with van der Waals surface area (Å²) in [5.41, 5.74) is 0.694. The van der Waals surface area contributed by atoms with Crippen LogP contribution in [0.3, 0.4) is 0 Å². The SMILES string of the molecule is C/C=N/N(C(C)=O)c1cccc(OC)c1. The maximum absolute atomic E-state index is 11.3. The molecule has 0 heterocycles. The van der Waals surface area contributed by atoms with Gasteiger partial charge >= 0.3 is 0 Å². The first-order chi connectivity index (χ1) is 7.19. The largest absolute Gasteiger partial charge is 0.497 e. The maximum Gasteiger partial charge on any atom is 0.244 e. The molecule has 0 aromatic heterocycles. The molecule has 1 amide bonds. The summed E-state index contributed by atoms with van der Waals surface area (Å²) in [5, 5.41) is 5.29. The van der Waals surface area contributed by atoms with Crippen molar-refractivity contribution in [1.29, 1.82) is 0 Å². The molecule has 0 N–H and O–H groups in total. The molecular formula is C11H14N2O2. The average Bonchev–Trinajstić information content (AvgIpc) is 2.25. The van der Waals surface area contributed by atoms with Gasteiger partial charge in [-0.15, -0.1) is 0 Å². The van der Waals surface area contributed by atoms with Crippen molar-refractivity contribution in [2.24, 2.45) is 5.10 Å². The van der Waals surface area contributed by atoms with E-state index < -0.39 is 0 Å². The monoisotopic (exact) mass is 206 g/mol. The summed E-state index contributed by atoms with van der Waals surface area (Å²) in [6, 6.07) is 7.19. The smallest absolute Gasteiger partial charge is 0.244 e. The second-order valence-electron chi connectivity index (χ2n) is 2.91. The van der Waals surface area contributed by atoms with Gasteiger partial charge in [-0.05, 0) is 19.1 Å². The van der Waals surface area contributed by atoms with Gasteiger partial charge in [0.25, 0.3) is 0 Å². The Kier molecular flexibility index (Phi) is 3.85. The van der Waals surface area contributed by atoms with E-state index in [1.165, 1.54) is 11.9 Å². The highest BCUT2D eigenvalue weighted by atomic mass is 16.5. The molecule has 1 rings (SSSR count). The Bertz CT molecular complexity index is 375. The number of ether oxygens (including phenoxy) is 1. The van der Waals surface area contributed by atoms with Crippen molar-refractivity contribution in [2.45, 2.75) is 13.8 Å². The van der Waals surface area contributed by atoms with Gasteiger partial charge in [-0.3, -0.25) is 4.79 Å². The maximum atomic E-state index is 11.3. The van der Waals surface area contributed by atoms with Crippen LogP contribution in [0.1, 0.15) is 13.8 Å².